The summed E-state index contributed by atoms with van der Waals surface area (Å²) >= 11 is 6.31. The van der Waals surface area contributed by atoms with Crippen LogP contribution in [-0.4, -0.2) is 34.7 Å². The Labute approximate surface area is 167 Å². The molecule has 7 nitrogen and oxygen atoms in total. The minimum atomic E-state index is 0.561. The third-order valence-electron chi connectivity index (χ3n) is 4.85. The molecule has 4 heterocycles. The molecule has 142 valence electrons. The molecular weight excluding hydrogens is 378 g/mol. The van der Waals surface area contributed by atoms with Crippen LogP contribution in [0.25, 0.3) is 0 Å². The molecule has 0 aliphatic carbocycles. The van der Waals surface area contributed by atoms with Crippen molar-refractivity contribution in [3.63, 3.8) is 0 Å². The van der Waals surface area contributed by atoms with Crippen molar-refractivity contribution in [1.82, 2.24) is 15.0 Å². The fourth-order valence-corrected chi connectivity index (χ4v) is 3.75. The summed E-state index contributed by atoms with van der Waals surface area (Å²) in [5.74, 6) is 3.11. The Balaban J connectivity index is 1.40. The number of nitrogens with one attached hydrogen (secondary N) is 1. The molecule has 0 amide bonds. The molecule has 5 rings (SSSR count). The first-order valence-corrected chi connectivity index (χ1v) is 9.50. The maximum atomic E-state index is 6.31. The summed E-state index contributed by atoms with van der Waals surface area (Å²) in [7, 11) is 0. The largest absolute Gasteiger partial charge is 0.486 e. The molecule has 0 saturated carbocycles. The summed E-state index contributed by atoms with van der Waals surface area (Å²) in [6.45, 7) is 2.58. The molecule has 0 saturated heterocycles. The van der Waals surface area contributed by atoms with Crippen LogP contribution in [-0.2, 0) is 13.0 Å². The van der Waals surface area contributed by atoms with E-state index in [-0.39, 0.29) is 0 Å². The smallest absolute Gasteiger partial charge is 0.163 e. The van der Waals surface area contributed by atoms with Crippen LogP contribution in [0.3, 0.4) is 0 Å². The Kier molecular flexibility index (Phi) is 4.37. The molecule has 0 unspecified atom stereocenters. The van der Waals surface area contributed by atoms with Gasteiger partial charge in [-0.25, -0.2) is 15.0 Å². The van der Waals surface area contributed by atoms with Crippen molar-refractivity contribution in [2.45, 2.75) is 13.0 Å². The highest BCUT2D eigenvalue weighted by Gasteiger charge is 2.23. The average Bonchev–Trinajstić information content (AvgIpc) is 2.74. The van der Waals surface area contributed by atoms with E-state index in [1.807, 2.05) is 30.3 Å². The summed E-state index contributed by atoms with van der Waals surface area (Å²) in [5.41, 5.74) is 2.99. The monoisotopic (exact) mass is 395 g/mol. The Bertz CT molecular complexity index is 1030. The van der Waals surface area contributed by atoms with Crippen molar-refractivity contribution in [3.05, 3.63) is 59.1 Å². The number of pyridine rings is 1. The molecule has 0 radical (unpaired) electrons. The van der Waals surface area contributed by atoms with Gasteiger partial charge in [-0.05, 0) is 30.7 Å². The van der Waals surface area contributed by atoms with Gasteiger partial charge in [0.2, 0.25) is 0 Å². The second-order valence-electron chi connectivity index (χ2n) is 6.61. The van der Waals surface area contributed by atoms with E-state index in [2.05, 4.69) is 25.2 Å². The van der Waals surface area contributed by atoms with E-state index in [9.17, 15) is 0 Å². The van der Waals surface area contributed by atoms with E-state index in [0.717, 1.165) is 53.0 Å². The molecule has 8 heteroatoms. The highest BCUT2D eigenvalue weighted by atomic mass is 35.5. The van der Waals surface area contributed by atoms with Crippen LogP contribution >= 0.6 is 11.6 Å². The van der Waals surface area contributed by atoms with Crippen LogP contribution in [0.2, 0.25) is 5.02 Å². The van der Waals surface area contributed by atoms with Crippen LogP contribution in [0.15, 0.2) is 42.9 Å². The summed E-state index contributed by atoms with van der Waals surface area (Å²) < 4.78 is 11.2. The van der Waals surface area contributed by atoms with Gasteiger partial charge in [0.1, 0.15) is 31.2 Å². The zero-order chi connectivity index (χ0) is 18.9. The predicted molar refractivity (Wildman–Crippen MR) is 107 cm³/mol. The number of ether oxygens (including phenoxy) is 2. The zero-order valence-corrected chi connectivity index (χ0v) is 15.8. The molecule has 1 N–H and O–H groups in total. The maximum absolute atomic E-state index is 6.31. The second kappa shape index (κ2) is 7.16. The van der Waals surface area contributed by atoms with Gasteiger partial charge in [0.15, 0.2) is 11.5 Å². The molecule has 0 atom stereocenters. The van der Waals surface area contributed by atoms with Gasteiger partial charge in [-0.2, -0.15) is 0 Å². The van der Waals surface area contributed by atoms with Gasteiger partial charge < -0.3 is 19.7 Å². The van der Waals surface area contributed by atoms with E-state index in [1.165, 1.54) is 0 Å². The van der Waals surface area contributed by atoms with Gasteiger partial charge in [0.25, 0.3) is 0 Å². The zero-order valence-electron chi connectivity index (χ0n) is 15.1. The van der Waals surface area contributed by atoms with E-state index < -0.39 is 0 Å². The van der Waals surface area contributed by atoms with E-state index in [0.29, 0.717) is 24.8 Å². The molecular formula is C20H18ClN5O2. The Morgan fingerprint density at radius 3 is 2.82 bits per heavy atom. The van der Waals surface area contributed by atoms with Gasteiger partial charge in [-0.1, -0.05) is 11.6 Å². The highest BCUT2D eigenvalue weighted by molar-refractivity contribution is 6.32. The first kappa shape index (κ1) is 17.1. The normalized spacial score (nSPS) is 15.1. The molecule has 3 aromatic rings. The van der Waals surface area contributed by atoms with E-state index >= 15 is 0 Å². The van der Waals surface area contributed by atoms with E-state index in [4.69, 9.17) is 21.1 Å². The van der Waals surface area contributed by atoms with Crippen molar-refractivity contribution in [2.24, 2.45) is 0 Å². The topological polar surface area (TPSA) is 72.4 Å². The molecule has 28 heavy (non-hydrogen) atoms. The van der Waals surface area contributed by atoms with Crippen molar-refractivity contribution < 1.29 is 9.47 Å². The van der Waals surface area contributed by atoms with Crippen LogP contribution in [0.4, 0.5) is 17.3 Å². The van der Waals surface area contributed by atoms with Gasteiger partial charge in [0, 0.05) is 30.1 Å². The second-order valence-corrected chi connectivity index (χ2v) is 7.02. The lowest BCUT2D eigenvalue weighted by molar-refractivity contribution is 0.171. The number of halogens is 1. The molecule has 1 aromatic carbocycles. The van der Waals surface area contributed by atoms with Crippen LogP contribution in [0, 0.1) is 0 Å². The van der Waals surface area contributed by atoms with E-state index in [1.54, 1.807) is 12.5 Å². The molecule has 0 fully saturated rings. The number of aromatic nitrogens is 3. The fraction of sp³-hybridized carbons (Fsp3) is 0.250. The van der Waals surface area contributed by atoms with Gasteiger partial charge in [-0.15, -0.1) is 0 Å². The quantitative estimate of drug-likeness (QED) is 0.726. The Morgan fingerprint density at radius 2 is 1.93 bits per heavy atom. The Morgan fingerprint density at radius 1 is 1.04 bits per heavy atom. The number of anilines is 3. The van der Waals surface area contributed by atoms with Crippen molar-refractivity contribution in [2.75, 3.05) is 30.0 Å². The lowest BCUT2D eigenvalue weighted by Crippen LogP contribution is -2.32. The van der Waals surface area contributed by atoms with Crippen molar-refractivity contribution >= 4 is 28.9 Å². The molecule has 2 aromatic heterocycles. The summed E-state index contributed by atoms with van der Waals surface area (Å²) in [6.07, 6.45) is 4.14. The summed E-state index contributed by atoms with van der Waals surface area (Å²) in [4.78, 5) is 15.5. The van der Waals surface area contributed by atoms with Gasteiger partial charge in [-0.3, -0.25) is 0 Å². The summed E-state index contributed by atoms with van der Waals surface area (Å²) in [5, 5.41) is 4.05. The first-order valence-electron chi connectivity index (χ1n) is 9.13. The fourth-order valence-electron chi connectivity index (χ4n) is 3.51. The first-order chi connectivity index (χ1) is 13.8. The van der Waals surface area contributed by atoms with Gasteiger partial charge >= 0.3 is 0 Å². The van der Waals surface area contributed by atoms with Gasteiger partial charge in [0.05, 0.1) is 17.3 Å². The van der Waals surface area contributed by atoms with Crippen LogP contribution in [0.5, 0.6) is 11.5 Å². The number of benzene rings is 1. The predicted octanol–water partition coefficient (Wildman–Crippen LogP) is 3.60. The summed E-state index contributed by atoms with van der Waals surface area (Å²) in [6, 6.07) is 9.50. The lowest BCUT2D eigenvalue weighted by atomic mass is 10.1. The molecule has 0 spiro atoms. The third-order valence-corrected chi connectivity index (χ3v) is 5.15. The molecule has 2 aliphatic rings. The SMILES string of the molecule is Clc1cccnc1N1CCc2c(ncnc2Nc2ccc3c(c2)OCCO3)C1. The minimum absolute atomic E-state index is 0.561. The minimum Gasteiger partial charge on any atom is -0.486 e. The van der Waals surface area contributed by atoms with Crippen molar-refractivity contribution in [3.8, 4) is 11.5 Å². The number of fused-ring (bicyclic) bond motifs is 2. The maximum Gasteiger partial charge on any atom is 0.163 e. The average molecular weight is 396 g/mol. The standard InChI is InChI=1S/C20H18ClN5O2/c21-15-2-1-6-22-20(15)26-7-5-14-16(11-26)23-12-24-19(14)25-13-3-4-17-18(10-13)28-9-8-27-17/h1-4,6,10,12H,5,7-9,11H2,(H,23,24,25). The number of hydrogen-bond donors (Lipinski definition) is 1. The van der Waals surface area contributed by atoms with Crippen LogP contribution in [0.1, 0.15) is 11.3 Å². The molecule has 0 bridgehead atoms. The third kappa shape index (κ3) is 3.18. The number of rotatable bonds is 3. The lowest BCUT2D eigenvalue weighted by Gasteiger charge is -2.30. The number of nitrogens with zero attached hydrogens (tertiary/aromatic N) is 4. The van der Waals surface area contributed by atoms with Crippen molar-refractivity contribution in [1.29, 1.82) is 0 Å². The number of hydrogen-bond acceptors (Lipinski definition) is 7. The molecule has 2 aliphatic heterocycles. The Hall–Kier alpha value is -3.06. The highest BCUT2D eigenvalue weighted by Crippen LogP contribution is 2.35. The van der Waals surface area contributed by atoms with Crippen LogP contribution < -0.4 is 19.7 Å².